The Hall–Kier alpha value is -1.55. The maximum absolute atomic E-state index is 11.9. The van der Waals surface area contributed by atoms with Gasteiger partial charge in [-0.2, -0.15) is 0 Å². The van der Waals surface area contributed by atoms with Crippen LogP contribution in [0.1, 0.15) is 51.0 Å². The minimum Gasteiger partial charge on any atom is -0.439 e. The van der Waals surface area contributed by atoms with Crippen LogP contribution in [0.2, 0.25) is 0 Å². The van der Waals surface area contributed by atoms with E-state index in [1.54, 1.807) is 11.8 Å². The summed E-state index contributed by atoms with van der Waals surface area (Å²) in [6.07, 6.45) is -1.06. The fourth-order valence-corrected chi connectivity index (χ4v) is 2.60. The Kier molecular flexibility index (Phi) is 3.80. The van der Waals surface area contributed by atoms with E-state index in [1.807, 2.05) is 45.0 Å². The third-order valence-electron chi connectivity index (χ3n) is 3.59. The van der Waals surface area contributed by atoms with Gasteiger partial charge in [0.15, 0.2) is 0 Å². The van der Waals surface area contributed by atoms with E-state index in [0.717, 1.165) is 11.1 Å². The molecule has 1 aliphatic rings. The maximum atomic E-state index is 11.9. The number of ether oxygens (including phenoxy) is 1. The van der Waals surface area contributed by atoms with E-state index in [9.17, 15) is 9.90 Å². The van der Waals surface area contributed by atoms with Gasteiger partial charge in [-0.15, -0.1) is 0 Å². The summed E-state index contributed by atoms with van der Waals surface area (Å²) >= 11 is 0. The van der Waals surface area contributed by atoms with Gasteiger partial charge in [0, 0.05) is 6.04 Å². The van der Waals surface area contributed by atoms with Gasteiger partial charge in [0.1, 0.15) is 6.10 Å². The highest BCUT2D eigenvalue weighted by molar-refractivity contribution is 5.71. The van der Waals surface area contributed by atoms with E-state index in [-0.39, 0.29) is 24.3 Å². The first-order valence-corrected chi connectivity index (χ1v) is 6.68. The zero-order valence-corrected chi connectivity index (χ0v) is 11.8. The zero-order valence-electron chi connectivity index (χ0n) is 11.8. The highest BCUT2D eigenvalue weighted by Gasteiger charge is 2.40. The minimum atomic E-state index is -0.520. The van der Waals surface area contributed by atoms with Crippen molar-refractivity contribution in [1.29, 1.82) is 0 Å². The van der Waals surface area contributed by atoms with Crippen molar-refractivity contribution in [2.24, 2.45) is 0 Å². The third kappa shape index (κ3) is 2.59. The molecule has 0 radical (unpaired) electrons. The van der Waals surface area contributed by atoms with E-state index >= 15 is 0 Å². The number of hydrogen-bond donors (Lipinski definition) is 1. The summed E-state index contributed by atoms with van der Waals surface area (Å²) in [7, 11) is 0. The summed E-state index contributed by atoms with van der Waals surface area (Å²) in [5.41, 5.74) is 1.77. The lowest BCUT2D eigenvalue weighted by molar-refractivity contribution is 0.128. The Bertz CT molecular complexity index is 470. The molecule has 1 aliphatic heterocycles. The van der Waals surface area contributed by atoms with Crippen LogP contribution in [0, 0.1) is 0 Å². The first-order chi connectivity index (χ1) is 8.91. The van der Waals surface area contributed by atoms with Gasteiger partial charge < -0.3 is 9.84 Å². The molecule has 1 aromatic carbocycles. The van der Waals surface area contributed by atoms with Crippen molar-refractivity contribution in [1.82, 2.24) is 4.90 Å². The number of aliphatic hydroxyl groups is 1. The summed E-state index contributed by atoms with van der Waals surface area (Å²) < 4.78 is 5.47. The predicted molar refractivity (Wildman–Crippen MR) is 72.7 cm³/mol. The molecule has 1 unspecified atom stereocenters. The SMILES string of the molecule is CC(O)c1cccc([C@H]2OC(=O)N(C(C)C)[C@H]2C)c1. The zero-order chi connectivity index (χ0) is 14.2. The van der Waals surface area contributed by atoms with Crippen LogP contribution in [-0.4, -0.2) is 28.2 Å². The molecule has 4 nitrogen and oxygen atoms in total. The fourth-order valence-electron chi connectivity index (χ4n) is 2.60. The Morgan fingerprint density at radius 1 is 1.32 bits per heavy atom. The second kappa shape index (κ2) is 5.21. The van der Waals surface area contributed by atoms with Crippen LogP contribution in [0.15, 0.2) is 24.3 Å². The van der Waals surface area contributed by atoms with Gasteiger partial charge in [-0.05, 0) is 44.9 Å². The van der Waals surface area contributed by atoms with Crippen LogP contribution in [0.3, 0.4) is 0 Å². The van der Waals surface area contributed by atoms with Crippen molar-refractivity contribution >= 4 is 6.09 Å². The summed E-state index contributed by atoms with van der Waals surface area (Å²) in [6, 6.07) is 7.71. The molecule has 1 N–H and O–H groups in total. The number of rotatable bonds is 3. The number of nitrogens with zero attached hydrogens (tertiary/aromatic N) is 1. The van der Waals surface area contributed by atoms with Crippen LogP contribution >= 0.6 is 0 Å². The number of hydrogen-bond acceptors (Lipinski definition) is 3. The van der Waals surface area contributed by atoms with Crippen molar-refractivity contribution in [3.05, 3.63) is 35.4 Å². The predicted octanol–water partition coefficient (Wildman–Crippen LogP) is 3.03. The van der Waals surface area contributed by atoms with Gasteiger partial charge in [0.25, 0.3) is 0 Å². The number of carbonyl (C=O) groups excluding carboxylic acids is 1. The largest absolute Gasteiger partial charge is 0.439 e. The molecule has 0 saturated carbocycles. The van der Waals surface area contributed by atoms with Gasteiger partial charge in [-0.1, -0.05) is 18.2 Å². The van der Waals surface area contributed by atoms with Crippen LogP contribution in [0.4, 0.5) is 4.79 Å². The van der Waals surface area contributed by atoms with E-state index in [1.165, 1.54) is 0 Å². The van der Waals surface area contributed by atoms with Crippen molar-refractivity contribution in [3.8, 4) is 0 Å². The number of amides is 1. The summed E-state index contributed by atoms with van der Waals surface area (Å²) in [6.45, 7) is 7.67. The molecular formula is C15H21NO3. The van der Waals surface area contributed by atoms with Crippen molar-refractivity contribution in [3.63, 3.8) is 0 Å². The summed E-state index contributed by atoms with van der Waals surface area (Å²) in [4.78, 5) is 13.6. The Balaban J connectivity index is 2.28. The Labute approximate surface area is 114 Å². The lowest BCUT2D eigenvalue weighted by Gasteiger charge is -2.24. The van der Waals surface area contributed by atoms with Crippen molar-refractivity contribution in [2.45, 2.75) is 52.0 Å². The molecule has 3 atom stereocenters. The first-order valence-electron chi connectivity index (χ1n) is 6.68. The van der Waals surface area contributed by atoms with E-state index in [2.05, 4.69) is 0 Å². The number of carbonyl (C=O) groups is 1. The van der Waals surface area contributed by atoms with Gasteiger partial charge >= 0.3 is 6.09 Å². The van der Waals surface area contributed by atoms with Crippen LogP contribution in [-0.2, 0) is 4.74 Å². The average molecular weight is 263 g/mol. The van der Waals surface area contributed by atoms with E-state index < -0.39 is 6.10 Å². The molecule has 1 amide bonds. The molecule has 19 heavy (non-hydrogen) atoms. The van der Waals surface area contributed by atoms with Crippen LogP contribution in [0.25, 0.3) is 0 Å². The molecule has 1 aromatic rings. The Morgan fingerprint density at radius 3 is 2.53 bits per heavy atom. The highest BCUT2D eigenvalue weighted by Crippen LogP contribution is 2.34. The van der Waals surface area contributed by atoms with Crippen LogP contribution < -0.4 is 0 Å². The maximum Gasteiger partial charge on any atom is 0.411 e. The van der Waals surface area contributed by atoms with Gasteiger partial charge in [0.2, 0.25) is 0 Å². The van der Waals surface area contributed by atoms with Crippen LogP contribution in [0.5, 0.6) is 0 Å². The second-order valence-corrected chi connectivity index (χ2v) is 5.39. The van der Waals surface area contributed by atoms with Crippen molar-refractivity contribution < 1.29 is 14.6 Å². The molecule has 0 aliphatic carbocycles. The monoisotopic (exact) mass is 263 g/mol. The molecule has 1 heterocycles. The molecule has 4 heteroatoms. The second-order valence-electron chi connectivity index (χ2n) is 5.39. The number of cyclic esters (lactones) is 1. The topological polar surface area (TPSA) is 49.8 Å². The molecule has 0 aromatic heterocycles. The molecule has 104 valence electrons. The number of benzene rings is 1. The minimum absolute atomic E-state index is 0.00301. The fraction of sp³-hybridized carbons (Fsp3) is 0.533. The number of aliphatic hydroxyl groups excluding tert-OH is 1. The molecular weight excluding hydrogens is 242 g/mol. The standard InChI is InChI=1S/C15H21NO3/c1-9(2)16-10(3)14(19-15(16)18)13-7-5-6-12(8-13)11(4)17/h5-11,14,17H,1-4H3/t10-,11?,14-/m0/s1. The third-order valence-corrected chi connectivity index (χ3v) is 3.59. The first kappa shape index (κ1) is 13.9. The highest BCUT2D eigenvalue weighted by atomic mass is 16.6. The van der Waals surface area contributed by atoms with Gasteiger partial charge in [-0.3, -0.25) is 4.90 Å². The lowest BCUT2D eigenvalue weighted by atomic mass is 9.99. The van der Waals surface area contributed by atoms with Gasteiger partial charge in [0.05, 0.1) is 12.1 Å². The molecule has 1 fully saturated rings. The molecule has 0 spiro atoms. The normalized spacial score (nSPS) is 24.7. The van der Waals surface area contributed by atoms with Crippen molar-refractivity contribution in [2.75, 3.05) is 0 Å². The quantitative estimate of drug-likeness (QED) is 0.912. The summed E-state index contributed by atoms with van der Waals surface area (Å²) in [5.74, 6) is 0. The smallest absolute Gasteiger partial charge is 0.411 e. The molecule has 2 rings (SSSR count). The molecule has 1 saturated heterocycles. The molecule has 0 bridgehead atoms. The lowest BCUT2D eigenvalue weighted by Crippen LogP contribution is -2.37. The van der Waals surface area contributed by atoms with E-state index in [0.29, 0.717) is 0 Å². The Morgan fingerprint density at radius 2 is 2.00 bits per heavy atom. The van der Waals surface area contributed by atoms with E-state index in [4.69, 9.17) is 4.74 Å². The average Bonchev–Trinajstić information content (AvgIpc) is 2.65. The van der Waals surface area contributed by atoms with Gasteiger partial charge in [-0.25, -0.2) is 4.79 Å². The summed E-state index contributed by atoms with van der Waals surface area (Å²) in [5, 5.41) is 9.63.